The van der Waals surface area contributed by atoms with Crippen molar-refractivity contribution in [3.8, 4) is 17.3 Å². The van der Waals surface area contributed by atoms with Gasteiger partial charge in [-0.1, -0.05) is 0 Å². The molecule has 1 aromatic carbocycles. The number of hydrogen-bond acceptors (Lipinski definition) is 6. The van der Waals surface area contributed by atoms with Gasteiger partial charge in [-0.05, 0) is 55.2 Å². The Hall–Kier alpha value is -2.76. The van der Waals surface area contributed by atoms with E-state index in [0.29, 0.717) is 33.6 Å². The summed E-state index contributed by atoms with van der Waals surface area (Å²) in [5, 5.41) is 15.2. The van der Waals surface area contributed by atoms with Crippen LogP contribution in [0.1, 0.15) is 29.7 Å². The Morgan fingerprint density at radius 2 is 2.10 bits per heavy atom. The van der Waals surface area contributed by atoms with Crippen LogP contribution in [0.3, 0.4) is 0 Å². The molecule has 146 valence electrons. The van der Waals surface area contributed by atoms with Crippen LogP contribution >= 0.6 is 23.1 Å². The van der Waals surface area contributed by atoms with Crippen LogP contribution in [0.2, 0.25) is 0 Å². The highest BCUT2D eigenvalue weighted by atomic mass is 32.2. The van der Waals surface area contributed by atoms with Crippen LogP contribution in [0.5, 0.6) is 0 Å². The molecule has 0 fully saturated rings. The summed E-state index contributed by atoms with van der Waals surface area (Å²) in [6, 6.07) is 10.2. The molecule has 5 nitrogen and oxygen atoms in total. The number of thiazole rings is 1. The Kier molecular flexibility index (Phi) is 5.88. The van der Waals surface area contributed by atoms with Crippen LogP contribution in [0.4, 0.5) is 9.52 Å². The van der Waals surface area contributed by atoms with Crippen LogP contribution in [0, 0.1) is 17.1 Å². The van der Waals surface area contributed by atoms with Crippen LogP contribution in [0.25, 0.3) is 11.3 Å². The van der Waals surface area contributed by atoms with Crippen molar-refractivity contribution in [2.24, 2.45) is 0 Å². The third kappa shape index (κ3) is 4.63. The van der Waals surface area contributed by atoms with Crippen LogP contribution in [-0.2, 0) is 17.6 Å². The van der Waals surface area contributed by atoms with Gasteiger partial charge in [0.25, 0.3) is 0 Å². The van der Waals surface area contributed by atoms with E-state index in [2.05, 4.69) is 21.4 Å². The molecule has 1 aliphatic rings. The summed E-state index contributed by atoms with van der Waals surface area (Å²) in [6.45, 7) is 0. The summed E-state index contributed by atoms with van der Waals surface area (Å²) in [7, 11) is 0. The lowest BCUT2D eigenvalue weighted by molar-refractivity contribution is -0.115. The quantitative estimate of drug-likeness (QED) is 0.574. The maximum Gasteiger partial charge on any atom is 0.226 e. The zero-order valence-corrected chi connectivity index (χ0v) is 17.1. The van der Waals surface area contributed by atoms with Gasteiger partial charge in [-0.15, -0.1) is 23.1 Å². The first-order chi connectivity index (χ1) is 14.1. The van der Waals surface area contributed by atoms with Crippen molar-refractivity contribution >= 4 is 34.1 Å². The Labute approximate surface area is 176 Å². The number of nitrogens with zero attached hydrogens (tertiary/aromatic N) is 3. The Bertz CT molecular complexity index is 1090. The SMILES string of the molecule is N#Cc1cc2c(nc1SCCC(=O)Nc1nc(-c3ccc(F)cc3)cs1)CCC2. The number of carbonyl (C=O) groups is 1. The highest BCUT2D eigenvalue weighted by Crippen LogP contribution is 2.29. The second-order valence-electron chi connectivity index (χ2n) is 6.60. The fourth-order valence-electron chi connectivity index (χ4n) is 3.15. The predicted molar refractivity (Wildman–Crippen MR) is 112 cm³/mol. The molecule has 0 spiro atoms. The van der Waals surface area contributed by atoms with Gasteiger partial charge in [0.05, 0.1) is 11.3 Å². The summed E-state index contributed by atoms with van der Waals surface area (Å²) in [5.41, 5.74) is 4.32. The number of fused-ring (bicyclic) bond motifs is 1. The number of amides is 1. The van der Waals surface area contributed by atoms with Crippen LogP contribution < -0.4 is 5.32 Å². The van der Waals surface area contributed by atoms with Gasteiger partial charge in [0.15, 0.2) is 5.13 Å². The number of aryl methyl sites for hydroxylation is 2. The number of aromatic nitrogens is 2. The number of pyridine rings is 1. The lowest BCUT2D eigenvalue weighted by Gasteiger charge is -2.06. The summed E-state index contributed by atoms with van der Waals surface area (Å²) >= 11 is 2.76. The monoisotopic (exact) mass is 424 g/mol. The molecule has 0 atom stereocenters. The number of anilines is 1. The van der Waals surface area contributed by atoms with Gasteiger partial charge in [-0.2, -0.15) is 5.26 Å². The molecule has 0 radical (unpaired) electrons. The molecule has 8 heteroatoms. The van der Waals surface area contributed by atoms with Crippen LogP contribution in [0.15, 0.2) is 40.7 Å². The first-order valence-electron chi connectivity index (χ1n) is 9.19. The highest BCUT2D eigenvalue weighted by Gasteiger charge is 2.17. The number of nitrogens with one attached hydrogen (secondary N) is 1. The molecule has 2 aromatic heterocycles. The normalized spacial score (nSPS) is 12.4. The number of rotatable bonds is 6. The third-order valence-corrected chi connectivity index (χ3v) is 6.35. The number of carbonyl (C=O) groups excluding carboxylic acids is 1. The predicted octanol–water partition coefficient (Wildman–Crippen LogP) is 4.83. The van der Waals surface area contributed by atoms with Crippen molar-refractivity contribution in [3.63, 3.8) is 0 Å². The molecule has 1 aliphatic carbocycles. The molecule has 0 saturated carbocycles. The molecule has 29 heavy (non-hydrogen) atoms. The van der Waals surface area contributed by atoms with Crippen molar-refractivity contribution in [1.82, 2.24) is 9.97 Å². The zero-order chi connectivity index (χ0) is 20.2. The molecule has 0 saturated heterocycles. The molecule has 0 aliphatic heterocycles. The van der Waals surface area contributed by atoms with Crippen molar-refractivity contribution in [1.29, 1.82) is 5.26 Å². The first-order valence-corrected chi connectivity index (χ1v) is 11.1. The molecule has 4 rings (SSSR count). The van der Waals surface area contributed by atoms with Gasteiger partial charge >= 0.3 is 0 Å². The van der Waals surface area contributed by atoms with E-state index >= 15 is 0 Å². The largest absolute Gasteiger partial charge is 0.302 e. The topological polar surface area (TPSA) is 78.7 Å². The summed E-state index contributed by atoms with van der Waals surface area (Å²) in [6.07, 6.45) is 3.31. The number of halogens is 1. The standard InChI is InChI=1S/C21H17FN4OS2/c22-16-6-4-13(5-7-16)18-12-29-21(25-18)26-19(27)8-9-28-20-15(11-23)10-14-2-1-3-17(14)24-20/h4-7,10,12H,1-3,8-9H2,(H,25,26,27). The number of benzene rings is 1. The summed E-state index contributed by atoms with van der Waals surface area (Å²) < 4.78 is 13.0. The van der Waals surface area contributed by atoms with Crippen molar-refractivity contribution < 1.29 is 9.18 Å². The number of thioether (sulfide) groups is 1. The average molecular weight is 425 g/mol. The lowest BCUT2D eigenvalue weighted by atomic mass is 10.2. The van der Waals surface area contributed by atoms with E-state index in [-0.39, 0.29) is 11.7 Å². The molecule has 0 unspecified atom stereocenters. The molecule has 0 bridgehead atoms. The molecular weight excluding hydrogens is 407 g/mol. The average Bonchev–Trinajstić information content (AvgIpc) is 3.37. The van der Waals surface area contributed by atoms with Gasteiger partial charge in [-0.25, -0.2) is 14.4 Å². The second-order valence-corrected chi connectivity index (χ2v) is 8.55. The van der Waals surface area contributed by atoms with Gasteiger partial charge in [0.1, 0.15) is 16.9 Å². The smallest absolute Gasteiger partial charge is 0.226 e. The lowest BCUT2D eigenvalue weighted by Crippen LogP contribution is -2.12. The Morgan fingerprint density at radius 3 is 2.90 bits per heavy atom. The van der Waals surface area contributed by atoms with Gasteiger partial charge < -0.3 is 5.32 Å². The Balaban J connectivity index is 1.32. The zero-order valence-electron chi connectivity index (χ0n) is 15.4. The third-order valence-electron chi connectivity index (χ3n) is 4.59. The van der Waals surface area contributed by atoms with E-state index in [1.54, 1.807) is 12.1 Å². The van der Waals surface area contributed by atoms with E-state index in [9.17, 15) is 14.4 Å². The summed E-state index contributed by atoms with van der Waals surface area (Å²) in [4.78, 5) is 21.2. The van der Waals surface area contributed by atoms with Crippen molar-refractivity contribution in [3.05, 3.63) is 58.3 Å². The van der Waals surface area contributed by atoms with Crippen molar-refractivity contribution in [2.45, 2.75) is 30.7 Å². The fraction of sp³-hybridized carbons (Fsp3) is 0.238. The van der Waals surface area contributed by atoms with E-state index in [0.717, 1.165) is 30.5 Å². The van der Waals surface area contributed by atoms with E-state index in [1.807, 2.05) is 11.4 Å². The van der Waals surface area contributed by atoms with E-state index in [4.69, 9.17) is 0 Å². The second kappa shape index (κ2) is 8.72. The first kappa shape index (κ1) is 19.6. The van der Waals surface area contributed by atoms with E-state index < -0.39 is 0 Å². The summed E-state index contributed by atoms with van der Waals surface area (Å²) in [5.74, 6) is 0.0901. The van der Waals surface area contributed by atoms with Gasteiger partial charge in [0.2, 0.25) is 5.91 Å². The molecular formula is C21H17FN4OS2. The minimum absolute atomic E-state index is 0.142. The molecule has 2 heterocycles. The molecule has 3 aromatic rings. The number of nitriles is 1. The highest BCUT2D eigenvalue weighted by molar-refractivity contribution is 7.99. The van der Waals surface area contributed by atoms with Gasteiger partial charge in [0, 0.05) is 28.8 Å². The molecule has 1 amide bonds. The van der Waals surface area contributed by atoms with E-state index in [1.165, 1.54) is 40.8 Å². The number of hydrogen-bond donors (Lipinski definition) is 1. The molecule has 1 N–H and O–H groups in total. The maximum atomic E-state index is 13.0. The van der Waals surface area contributed by atoms with Crippen molar-refractivity contribution in [2.75, 3.05) is 11.1 Å². The minimum Gasteiger partial charge on any atom is -0.302 e. The minimum atomic E-state index is -0.299. The van der Waals surface area contributed by atoms with Gasteiger partial charge in [-0.3, -0.25) is 4.79 Å². The Morgan fingerprint density at radius 1 is 1.28 bits per heavy atom. The van der Waals surface area contributed by atoms with Crippen LogP contribution in [-0.4, -0.2) is 21.6 Å². The fourth-order valence-corrected chi connectivity index (χ4v) is 4.80. The maximum absolute atomic E-state index is 13.0.